The molecule has 1 heterocycles. The Hall–Kier alpha value is -1.62. The largest absolute Gasteiger partial charge is 0.339 e. The van der Waals surface area contributed by atoms with Crippen molar-refractivity contribution in [1.82, 2.24) is 14.7 Å². The number of carbonyl (C=O) groups excluding carboxylic acids is 1. The van der Waals surface area contributed by atoms with Crippen LogP contribution in [0.1, 0.15) is 42.5 Å². The molecule has 0 spiro atoms. The molecule has 0 atom stereocenters. The third kappa shape index (κ3) is 3.24. The highest BCUT2D eigenvalue weighted by Gasteiger charge is 2.22. The van der Waals surface area contributed by atoms with Crippen LogP contribution in [0.4, 0.5) is 0 Å². The molecule has 0 unspecified atom stereocenters. The van der Waals surface area contributed by atoms with Gasteiger partial charge < -0.3 is 4.90 Å². The molecule has 1 aliphatic carbocycles. The van der Waals surface area contributed by atoms with Crippen molar-refractivity contribution >= 4 is 21.8 Å². The average molecular weight is 362 g/mol. The second-order valence-electron chi connectivity index (χ2n) is 5.86. The molecule has 22 heavy (non-hydrogen) atoms. The minimum absolute atomic E-state index is 0.111. The predicted molar refractivity (Wildman–Crippen MR) is 90.2 cm³/mol. The normalized spacial score (nSPS) is 15.7. The van der Waals surface area contributed by atoms with E-state index in [0.29, 0.717) is 6.04 Å². The summed E-state index contributed by atoms with van der Waals surface area (Å²) in [5, 5.41) is 4.24. The zero-order valence-corrected chi connectivity index (χ0v) is 14.3. The highest BCUT2D eigenvalue weighted by molar-refractivity contribution is 9.10. The number of benzene rings is 1. The first kappa shape index (κ1) is 15.3. The van der Waals surface area contributed by atoms with Crippen LogP contribution in [0.15, 0.2) is 41.1 Å². The van der Waals surface area contributed by atoms with Gasteiger partial charge in [-0.15, -0.1) is 0 Å². The van der Waals surface area contributed by atoms with E-state index in [0.717, 1.165) is 28.6 Å². The summed E-state index contributed by atoms with van der Waals surface area (Å²) in [6, 6.07) is 8.02. The molecule has 1 amide bonds. The molecule has 1 aromatic carbocycles. The Morgan fingerprint density at radius 1 is 1.23 bits per heavy atom. The average Bonchev–Trinajstić information content (AvgIpc) is 3.01. The van der Waals surface area contributed by atoms with Crippen molar-refractivity contribution in [3.05, 3.63) is 46.7 Å². The summed E-state index contributed by atoms with van der Waals surface area (Å²) in [6.07, 6.45) is 9.65. The van der Waals surface area contributed by atoms with Gasteiger partial charge in [-0.2, -0.15) is 5.10 Å². The number of rotatable bonds is 3. The third-order valence-electron chi connectivity index (χ3n) is 4.37. The van der Waals surface area contributed by atoms with E-state index in [9.17, 15) is 4.79 Å². The molecule has 2 aromatic rings. The van der Waals surface area contributed by atoms with E-state index < -0.39 is 0 Å². The van der Waals surface area contributed by atoms with Crippen molar-refractivity contribution in [2.45, 2.75) is 38.1 Å². The molecule has 1 aliphatic rings. The van der Waals surface area contributed by atoms with Gasteiger partial charge >= 0.3 is 0 Å². The lowest BCUT2D eigenvalue weighted by molar-refractivity contribution is 0.0696. The number of hydrogen-bond donors (Lipinski definition) is 0. The minimum atomic E-state index is 0.111. The Morgan fingerprint density at radius 3 is 2.50 bits per heavy atom. The predicted octanol–water partition coefficient (Wildman–Crippen LogP) is 4.04. The summed E-state index contributed by atoms with van der Waals surface area (Å²) >= 11 is 3.39. The van der Waals surface area contributed by atoms with Gasteiger partial charge in [0.05, 0.1) is 16.4 Å². The molecule has 0 aliphatic heterocycles. The van der Waals surface area contributed by atoms with Crippen molar-refractivity contribution in [3.8, 4) is 5.69 Å². The van der Waals surface area contributed by atoms with Crippen molar-refractivity contribution in [3.63, 3.8) is 0 Å². The second kappa shape index (κ2) is 6.65. The van der Waals surface area contributed by atoms with Crippen LogP contribution in [0.2, 0.25) is 0 Å². The maximum atomic E-state index is 12.6. The van der Waals surface area contributed by atoms with E-state index in [1.807, 2.05) is 42.4 Å². The van der Waals surface area contributed by atoms with Crippen LogP contribution < -0.4 is 0 Å². The molecule has 1 aromatic heterocycles. The summed E-state index contributed by atoms with van der Waals surface area (Å²) in [6.45, 7) is 0. The Balaban J connectivity index is 1.73. The van der Waals surface area contributed by atoms with E-state index >= 15 is 0 Å². The maximum absolute atomic E-state index is 12.6. The summed E-state index contributed by atoms with van der Waals surface area (Å²) in [7, 11) is 1.93. The topological polar surface area (TPSA) is 38.1 Å². The molecular formula is C17H20BrN3O. The molecule has 0 saturated heterocycles. The van der Waals surface area contributed by atoms with Gasteiger partial charge in [-0.3, -0.25) is 4.79 Å². The summed E-state index contributed by atoms with van der Waals surface area (Å²) in [5.74, 6) is 0.111. The molecule has 116 valence electrons. The quantitative estimate of drug-likeness (QED) is 0.827. The number of hydrogen-bond acceptors (Lipinski definition) is 2. The van der Waals surface area contributed by atoms with Crippen LogP contribution in [0.3, 0.4) is 0 Å². The van der Waals surface area contributed by atoms with Crippen LogP contribution in [0.25, 0.3) is 5.69 Å². The molecule has 1 saturated carbocycles. The minimum Gasteiger partial charge on any atom is -0.339 e. The van der Waals surface area contributed by atoms with Gasteiger partial charge in [0.15, 0.2) is 0 Å². The van der Waals surface area contributed by atoms with Crippen LogP contribution in [0.5, 0.6) is 0 Å². The van der Waals surface area contributed by atoms with Crippen molar-refractivity contribution in [2.75, 3.05) is 7.05 Å². The smallest absolute Gasteiger partial charge is 0.253 e. The van der Waals surface area contributed by atoms with Crippen LogP contribution in [-0.2, 0) is 0 Å². The first-order valence-electron chi connectivity index (χ1n) is 7.73. The SMILES string of the molecule is CN(C(=O)c1ccc(-n2cc(Br)cn2)cc1)C1CCCCC1. The van der Waals surface area contributed by atoms with E-state index in [4.69, 9.17) is 0 Å². The zero-order chi connectivity index (χ0) is 15.5. The molecule has 5 heteroatoms. The second-order valence-corrected chi connectivity index (χ2v) is 6.77. The lowest BCUT2D eigenvalue weighted by atomic mass is 9.94. The van der Waals surface area contributed by atoms with Gasteiger partial charge in [-0.05, 0) is 53.0 Å². The van der Waals surface area contributed by atoms with Crippen LogP contribution in [0, 0.1) is 0 Å². The number of carbonyl (C=O) groups is 1. The first-order valence-corrected chi connectivity index (χ1v) is 8.52. The Morgan fingerprint density at radius 2 is 1.91 bits per heavy atom. The molecule has 1 fully saturated rings. The Bertz CT molecular complexity index is 644. The lowest BCUT2D eigenvalue weighted by Crippen LogP contribution is -2.38. The summed E-state index contributed by atoms with van der Waals surface area (Å²) in [4.78, 5) is 14.5. The monoisotopic (exact) mass is 361 g/mol. The fourth-order valence-electron chi connectivity index (χ4n) is 3.04. The van der Waals surface area contributed by atoms with Gasteiger partial charge in [0.1, 0.15) is 0 Å². The summed E-state index contributed by atoms with van der Waals surface area (Å²) < 4.78 is 2.72. The number of aromatic nitrogens is 2. The van der Waals surface area contributed by atoms with E-state index in [1.54, 1.807) is 10.9 Å². The first-order chi connectivity index (χ1) is 10.6. The van der Waals surface area contributed by atoms with Crippen molar-refractivity contribution in [1.29, 1.82) is 0 Å². The van der Waals surface area contributed by atoms with E-state index in [-0.39, 0.29) is 5.91 Å². The van der Waals surface area contributed by atoms with Crippen molar-refractivity contribution in [2.24, 2.45) is 0 Å². The van der Waals surface area contributed by atoms with Crippen LogP contribution in [-0.4, -0.2) is 33.7 Å². The standard InChI is InChI=1S/C17H20BrN3O/c1-20(15-5-3-2-4-6-15)17(22)13-7-9-16(10-8-13)21-12-14(18)11-19-21/h7-12,15H,2-6H2,1H3. The van der Waals surface area contributed by atoms with Gasteiger partial charge in [0, 0.05) is 24.8 Å². The third-order valence-corrected chi connectivity index (χ3v) is 4.78. The fraction of sp³-hybridized carbons (Fsp3) is 0.412. The number of halogens is 1. The molecular weight excluding hydrogens is 342 g/mol. The molecule has 4 nitrogen and oxygen atoms in total. The molecule has 0 bridgehead atoms. The maximum Gasteiger partial charge on any atom is 0.253 e. The highest BCUT2D eigenvalue weighted by atomic mass is 79.9. The van der Waals surface area contributed by atoms with Gasteiger partial charge in [0.2, 0.25) is 0 Å². The van der Waals surface area contributed by atoms with Gasteiger partial charge in [0.25, 0.3) is 5.91 Å². The van der Waals surface area contributed by atoms with Gasteiger partial charge in [-0.25, -0.2) is 4.68 Å². The lowest BCUT2D eigenvalue weighted by Gasteiger charge is -2.31. The Kier molecular flexibility index (Phi) is 4.62. The van der Waals surface area contributed by atoms with E-state index in [1.165, 1.54) is 19.3 Å². The molecule has 3 rings (SSSR count). The number of nitrogens with zero attached hydrogens (tertiary/aromatic N) is 3. The fourth-order valence-corrected chi connectivity index (χ4v) is 3.32. The van der Waals surface area contributed by atoms with Gasteiger partial charge in [-0.1, -0.05) is 19.3 Å². The van der Waals surface area contributed by atoms with E-state index in [2.05, 4.69) is 21.0 Å². The Labute approximate surface area is 139 Å². The number of amides is 1. The highest BCUT2D eigenvalue weighted by Crippen LogP contribution is 2.23. The molecule has 0 N–H and O–H groups in total. The summed E-state index contributed by atoms with van der Waals surface area (Å²) in [5.41, 5.74) is 1.69. The zero-order valence-electron chi connectivity index (χ0n) is 12.7. The van der Waals surface area contributed by atoms with Crippen molar-refractivity contribution < 1.29 is 4.79 Å². The van der Waals surface area contributed by atoms with Crippen LogP contribution >= 0.6 is 15.9 Å². The molecule has 0 radical (unpaired) electrons.